The summed E-state index contributed by atoms with van der Waals surface area (Å²) >= 11 is 0. The Morgan fingerprint density at radius 3 is 2.82 bits per heavy atom. The van der Waals surface area contributed by atoms with Gasteiger partial charge < -0.3 is 14.4 Å². The van der Waals surface area contributed by atoms with Crippen LogP contribution >= 0.6 is 0 Å². The molecule has 1 rings (SSSR count). The van der Waals surface area contributed by atoms with Crippen molar-refractivity contribution in [1.82, 2.24) is 5.16 Å². The Bertz CT molecular complexity index is 232. The van der Waals surface area contributed by atoms with Crippen LogP contribution in [0.2, 0.25) is 0 Å². The summed E-state index contributed by atoms with van der Waals surface area (Å²) in [6, 6.07) is 0. The molecule has 11 heavy (non-hydrogen) atoms. The van der Waals surface area contributed by atoms with Crippen LogP contribution in [0.1, 0.15) is 18.2 Å². The van der Waals surface area contributed by atoms with Crippen molar-refractivity contribution in [3.63, 3.8) is 0 Å². The van der Waals surface area contributed by atoms with E-state index in [4.69, 9.17) is 14.4 Å². The van der Waals surface area contributed by atoms with E-state index in [0.29, 0.717) is 18.2 Å². The van der Waals surface area contributed by atoms with Gasteiger partial charge in [0.25, 0.3) is 0 Å². The van der Waals surface area contributed by atoms with Crippen molar-refractivity contribution >= 4 is 0 Å². The van der Waals surface area contributed by atoms with E-state index in [9.17, 15) is 0 Å². The van der Waals surface area contributed by atoms with Gasteiger partial charge in [0.05, 0.1) is 18.8 Å². The number of ether oxygens (including phenoxy) is 1. The minimum Gasteiger partial charge on any atom is -0.464 e. The standard InChI is InChI=1S/C7H11NO3/c1-3-10-7-5(2)6(4-9)8-11-7/h9H,3-4H2,1-2H3. The SMILES string of the molecule is CCOc1onc(CO)c1C. The molecule has 0 amide bonds. The summed E-state index contributed by atoms with van der Waals surface area (Å²) in [5, 5.41) is 12.3. The van der Waals surface area contributed by atoms with Gasteiger partial charge in [-0.15, -0.1) is 0 Å². The molecule has 4 nitrogen and oxygen atoms in total. The molecule has 0 bridgehead atoms. The van der Waals surface area contributed by atoms with Crippen molar-refractivity contribution in [2.24, 2.45) is 0 Å². The Balaban J connectivity index is 2.82. The molecule has 0 aliphatic heterocycles. The first kappa shape index (κ1) is 8.07. The maximum Gasteiger partial charge on any atom is 0.314 e. The van der Waals surface area contributed by atoms with E-state index in [1.807, 2.05) is 6.92 Å². The summed E-state index contributed by atoms with van der Waals surface area (Å²) < 4.78 is 9.87. The predicted molar refractivity (Wildman–Crippen MR) is 38.3 cm³/mol. The Labute approximate surface area is 64.8 Å². The molecule has 1 N–H and O–H groups in total. The molecule has 0 saturated carbocycles. The monoisotopic (exact) mass is 157 g/mol. The summed E-state index contributed by atoms with van der Waals surface area (Å²) in [4.78, 5) is 0. The van der Waals surface area contributed by atoms with Crippen molar-refractivity contribution in [3.05, 3.63) is 11.3 Å². The molecule has 0 radical (unpaired) electrons. The third kappa shape index (κ3) is 1.51. The Morgan fingerprint density at radius 1 is 1.64 bits per heavy atom. The summed E-state index contributed by atoms with van der Waals surface area (Å²) in [5.41, 5.74) is 1.31. The molecule has 0 atom stereocenters. The maximum absolute atomic E-state index is 8.72. The second-order valence-electron chi connectivity index (χ2n) is 2.13. The van der Waals surface area contributed by atoms with Crippen LogP contribution in [-0.2, 0) is 6.61 Å². The third-order valence-corrected chi connectivity index (χ3v) is 1.40. The average molecular weight is 157 g/mol. The van der Waals surface area contributed by atoms with Crippen LogP contribution in [0.3, 0.4) is 0 Å². The summed E-state index contributed by atoms with van der Waals surface area (Å²) in [7, 11) is 0. The van der Waals surface area contributed by atoms with Gasteiger partial charge >= 0.3 is 5.95 Å². The smallest absolute Gasteiger partial charge is 0.314 e. The molecule has 4 heteroatoms. The fourth-order valence-corrected chi connectivity index (χ4v) is 0.764. The predicted octanol–water partition coefficient (Wildman–Crippen LogP) is 0.874. The van der Waals surface area contributed by atoms with Gasteiger partial charge in [-0.05, 0) is 13.8 Å². The lowest BCUT2D eigenvalue weighted by Gasteiger charge is -1.95. The van der Waals surface area contributed by atoms with Gasteiger partial charge in [0.1, 0.15) is 5.69 Å². The van der Waals surface area contributed by atoms with Gasteiger partial charge in [-0.1, -0.05) is 5.16 Å². The molecule has 0 aromatic carbocycles. The number of aromatic nitrogens is 1. The van der Waals surface area contributed by atoms with Gasteiger partial charge in [0.15, 0.2) is 0 Å². The molecular weight excluding hydrogens is 146 g/mol. The van der Waals surface area contributed by atoms with Crippen LogP contribution < -0.4 is 4.74 Å². The van der Waals surface area contributed by atoms with E-state index >= 15 is 0 Å². The summed E-state index contributed by atoms with van der Waals surface area (Å²) in [6.45, 7) is 4.09. The molecule has 0 fully saturated rings. The topological polar surface area (TPSA) is 55.5 Å². The number of hydrogen-bond acceptors (Lipinski definition) is 4. The van der Waals surface area contributed by atoms with Gasteiger partial charge in [0.2, 0.25) is 0 Å². The zero-order valence-electron chi connectivity index (χ0n) is 6.63. The van der Waals surface area contributed by atoms with Crippen LogP contribution in [0.15, 0.2) is 4.52 Å². The molecule has 1 aromatic heterocycles. The van der Waals surface area contributed by atoms with E-state index in [-0.39, 0.29) is 6.61 Å². The number of nitrogens with zero attached hydrogens (tertiary/aromatic N) is 1. The number of aliphatic hydroxyl groups is 1. The summed E-state index contributed by atoms with van der Waals surface area (Å²) in [5.74, 6) is 0.400. The molecule has 0 saturated heterocycles. The normalized spacial score (nSPS) is 10.1. The Morgan fingerprint density at radius 2 is 2.36 bits per heavy atom. The van der Waals surface area contributed by atoms with Crippen molar-refractivity contribution in [2.75, 3.05) is 6.61 Å². The van der Waals surface area contributed by atoms with Crippen molar-refractivity contribution < 1.29 is 14.4 Å². The molecule has 0 aliphatic carbocycles. The molecule has 1 heterocycles. The van der Waals surface area contributed by atoms with Gasteiger partial charge in [0, 0.05) is 0 Å². The van der Waals surface area contributed by atoms with Crippen LogP contribution in [0.4, 0.5) is 0 Å². The molecule has 0 unspecified atom stereocenters. The Hall–Kier alpha value is -1.03. The second kappa shape index (κ2) is 3.39. The molecule has 0 spiro atoms. The number of aliphatic hydroxyl groups excluding tert-OH is 1. The third-order valence-electron chi connectivity index (χ3n) is 1.40. The highest BCUT2D eigenvalue weighted by molar-refractivity contribution is 5.25. The molecule has 62 valence electrons. The minimum absolute atomic E-state index is 0.109. The van der Waals surface area contributed by atoms with Gasteiger partial charge in [-0.25, -0.2) is 0 Å². The Kier molecular flexibility index (Phi) is 2.48. The van der Waals surface area contributed by atoms with Crippen LogP contribution in [0, 0.1) is 6.92 Å². The molecule has 0 aliphatic rings. The maximum atomic E-state index is 8.72. The van der Waals surface area contributed by atoms with E-state index in [2.05, 4.69) is 5.16 Å². The lowest BCUT2D eigenvalue weighted by molar-refractivity contribution is 0.218. The highest BCUT2D eigenvalue weighted by Gasteiger charge is 2.10. The first-order valence-electron chi connectivity index (χ1n) is 3.48. The number of hydrogen-bond donors (Lipinski definition) is 1. The highest BCUT2D eigenvalue weighted by atomic mass is 16.6. The second-order valence-corrected chi connectivity index (χ2v) is 2.13. The van der Waals surface area contributed by atoms with Crippen LogP contribution in [0.25, 0.3) is 0 Å². The zero-order valence-corrected chi connectivity index (χ0v) is 6.63. The quantitative estimate of drug-likeness (QED) is 0.707. The average Bonchev–Trinajstić information content (AvgIpc) is 2.34. The van der Waals surface area contributed by atoms with Crippen molar-refractivity contribution in [1.29, 1.82) is 0 Å². The van der Waals surface area contributed by atoms with Crippen LogP contribution in [-0.4, -0.2) is 16.9 Å². The zero-order chi connectivity index (χ0) is 8.27. The van der Waals surface area contributed by atoms with Crippen molar-refractivity contribution in [3.8, 4) is 5.95 Å². The van der Waals surface area contributed by atoms with E-state index in [1.165, 1.54) is 0 Å². The lowest BCUT2D eigenvalue weighted by atomic mass is 10.3. The lowest BCUT2D eigenvalue weighted by Crippen LogP contribution is -1.92. The number of rotatable bonds is 3. The van der Waals surface area contributed by atoms with E-state index in [1.54, 1.807) is 6.92 Å². The minimum atomic E-state index is -0.109. The molecule has 1 aromatic rings. The molecular formula is C7H11NO3. The van der Waals surface area contributed by atoms with E-state index in [0.717, 1.165) is 5.56 Å². The van der Waals surface area contributed by atoms with E-state index < -0.39 is 0 Å². The van der Waals surface area contributed by atoms with Crippen LogP contribution in [0.5, 0.6) is 5.95 Å². The first-order valence-corrected chi connectivity index (χ1v) is 3.48. The van der Waals surface area contributed by atoms with Gasteiger partial charge in [-0.3, -0.25) is 0 Å². The fourth-order valence-electron chi connectivity index (χ4n) is 0.764. The summed E-state index contributed by atoms with van der Waals surface area (Å²) in [6.07, 6.45) is 0. The van der Waals surface area contributed by atoms with Crippen molar-refractivity contribution in [2.45, 2.75) is 20.5 Å². The van der Waals surface area contributed by atoms with Gasteiger partial charge in [-0.2, -0.15) is 0 Å². The largest absolute Gasteiger partial charge is 0.464 e. The fraction of sp³-hybridized carbons (Fsp3) is 0.571. The highest BCUT2D eigenvalue weighted by Crippen LogP contribution is 2.20. The first-order chi connectivity index (χ1) is 5.29.